The van der Waals surface area contributed by atoms with Crippen LogP contribution >= 0.6 is 0 Å². The van der Waals surface area contributed by atoms with Crippen LogP contribution in [0.3, 0.4) is 0 Å². The van der Waals surface area contributed by atoms with Gasteiger partial charge >= 0.3 is 0 Å². The zero-order valence-corrected chi connectivity index (χ0v) is 12.5. The van der Waals surface area contributed by atoms with Crippen LogP contribution in [0, 0.1) is 0 Å². The summed E-state index contributed by atoms with van der Waals surface area (Å²) in [6, 6.07) is 10.9. The molecule has 0 aliphatic rings. The Hall–Kier alpha value is -0.860. The molecule has 0 spiro atoms. The Labute approximate surface area is 118 Å². The Balaban J connectivity index is 2.20. The fourth-order valence-electron chi connectivity index (χ4n) is 2.21. The highest BCUT2D eigenvalue weighted by Gasteiger charge is 2.09. The summed E-state index contributed by atoms with van der Waals surface area (Å²) in [5, 5.41) is 3.49. The van der Waals surface area contributed by atoms with E-state index in [1.807, 2.05) is 0 Å². The van der Waals surface area contributed by atoms with Crippen LogP contribution in [0.15, 0.2) is 30.3 Å². The molecule has 2 nitrogen and oxygen atoms in total. The smallest absolute Gasteiger partial charge is 0.0661 e. The molecule has 0 fully saturated rings. The van der Waals surface area contributed by atoms with Gasteiger partial charge in [-0.25, -0.2) is 0 Å². The zero-order valence-electron chi connectivity index (χ0n) is 12.5. The SMILES string of the molecule is CCCCCCCOCC(NCC)c1ccccc1. The first-order chi connectivity index (χ1) is 9.38. The summed E-state index contributed by atoms with van der Waals surface area (Å²) in [7, 11) is 0. The van der Waals surface area contributed by atoms with Gasteiger partial charge < -0.3 is 10.1 Å². The third-order valence-electron chi connectivity index (χ3n) is 3.33. The van der Waals surface area contributed by atoms with Crippen molar-refractivity contribution in [3.05, 3.63) is 35.9 Å². The number of hydrogen-bond acceptors (Lipinski definition) is 2. The van der Waals surface area contributed by atoms with Crippen LogP contribution in [0.2, 0.25) is 0 Å². The molecule has 0 saturated heterocycles. The van der Waals surface area contributed by atoms with Crippen LogP contribution in [-0.4, -0.2) is 19.8 Å². The van der Waals surface area contributed by atoms with Gasteiger partial charge in [0.25, 0.3) is 0 Å². The highest BCUT2D eigenvalue weighted by molar-refractivity contribution is 5.18. The van der Waals surface area contributed by atoms with Crippen molar-refractivity contribution in [3.8, 4) is 0 Å². The molecule has 0 heterocycles. The Kier molecular flexibility index (Phi) is 9.38. The lowest BCUT2D eigenvalue weighted by Crippen LogP contribution is -2.25. The van der Waals surface area contributed by atoms with Crippen molar-refractivity contribution in [2.24, 2.45) is 0 Å². The maximum Gasteiger partial charge on any atom is 0.0661 e. The van der Waals surface area contributed by atoms with Crippen molar-refractivity contribution in [1.29, 1.82) is 0 Å². The summed E-state index contributed by atoms with van der Waals surface area (Å²) in [6.45, 7) is 7.02. The second kappa shape index (κ2) is 11.0. The van der Waals surface area contributed by atoms with Gasteiger partial charge in [0.05, 0.1) is 12.6 Å². The van der Waals surface area contributed by atoms with E-state index < -0.39 is 0 Å². The molecule has 0 amide bonds. The lowest BCUT2D eigenvalue weighted by Gasteiger charge is -2.18. The number of rotatable bonds is 11. The zero-order chi connectivity index (χ0) is 13.8. The van der Waals surface area contributed by atoms with E-state index in [4.69, 9.17) is 4.74 Å². The molecule has 1 aromatic rings. The predicted molar refractivity (Wildman–Crippen MR) is 82.4 cm³/mol. The number of nitrogens with one attached hydrogen (secondary N) is 1. The molecule has 0 radical (unpaired) electrons. The molecule has 0 aliphatic carbocycles. The van der Waals surface area contributed by atoms with Gasteiger partial charge in [0.2, 0.25) is 0 Å². The van der Waals surface area contributed by atoms with Crippen molar-refractivity contribution < 1.29 is 4.74 Å². The molecular weight excluding hydrogens is 234 g/mol. The van der Waals surface area contributed by atoms with Crippen molar-refractivity contribution in [2.75, 3.05) is 19.8 Å². The topological polar surface area (TPSA) is 21.3 Å². The molecular formula is C17H29NO. The number of unbranched alkanes of at least 4 members (excludes halogenated alkanes) is 4. The van der Waals surface area contributed by atoms with Gasteiger partial charge in [-0.05, 0) is 18.5 Å². The van der Waals surface area contributed by atoms with E-state index in [1.165, 1.54) is 37.7 Å². The summed E-state index contributed by atoms with van der Waals surface area (Å²) in [5.74, 6) is 0. The fraction of sp³-hybridized carbons (Fsp3) is 0.647. The van der Waals surface area contributed by atoms with E-state index in [9.17, 15) is 0 Å². The Morgan fingerprint density at radius 1 is 1.00 bits per heavy atom. The Bertz CT molecular complexity index is 299. The average Bonchev–Trinajstić information content (AvgIpc) is 2.46. The van der Waals surface area contributed by atoms with E-state index in [-0.39, 0.29) is 0 Å². The van der Waals surface area contributed by atoms with E-state index in [0.717, 1.165) is 19.8 Å². The van der Waals surface area contributed by atoms with Crippen LogP contribution < -0.4 is 5.32 Å². The Morgan fingerprint density at radius 2 is 1.74 bits per heavy atom. The van der Waals surface area contributed by atoms with Crippen molar-refractivity contribution in [3.63, 3.8) is 0 Å². The predicted octanol–water partition coefficient (Wildman–Crippen LogP) is 4.32. The molecule has 1 aromatic carbocycles. The molecule has 1 unspecified atom stereocenters. The molecule has 1 rings (SSSR count). The van der Waals surface area contributed by atoms with Crippen LogP contribution in [0.25, 0.3) is 0 Å². The normalized spacial score (nSPS) is 12.5. The average molecular weight is 263 g/mol. The number of ether oxygens (including phenoxy) is 1. The summed E-state index contributed by atoms with van der Waals surface area (Å²) in [4.78, 5) is 0. The molecule has 0 aromatic heterocycles. The quantitative estimate of drug-likeness (QED) is 0.600. The summed E-state index contributed by atoms with van der Waals surface area (Å²) in [5.41, 5.74) is 1.32. The van der Waals surface area contributed by atoms with Crippen LogP contribution in [-0.2, 0) is 4.74 Å². The van der Waals surface area contributed by atoms with Crippen LogP contribution in [0.1, 0.15) is 57.6 Å². The largest absolute Gasteiger partial charge is 0.379 e. The lowest BCUT2D eigenvalue weighted by atomic mass is 10.1. The van der Waals surface area contributed by atoms with Gasteiger partial charge in [-0.3, -0.25) is 0 Å². The molecule has 0 aliphatic heterocycles. The van der Waals surface area contributed by atoms with Crippen LogP contribution in [0.5, 0.6) is 0 Å². The highest BCUT2D eigenvalue weighted by Crippen LogP contribution is 2.13. The van der Waals surface area contributed by atoms with Crippen molar-refractivity contribution in [1.82, 2.24) is 5.32 Å². The fourth-order valence-corrected chi connectivity index (χ4v) is 2.21. The van der Waals surface area contributed by atoms with Gasteiger partial charge in [-0.1, -0.05) is 69.9 Å². The third kappa shape index (κ3) is 7.34. The summed E-state index contributed by atoms with van der Waals surface area (Å²) in [6.07, 6.45) is 6.48. The minimum atomic E-state index is 0.321. The molecule has 108 valence electrons. The number of likely N-dealkylation sites (N-methyl/N-ethyl adjacent to an activating group) is 1. The van der Waals surface area contributed by atoms with Gasteiger partial charge in [-0.2, -0.15) is 0 Å². The van der Waals surface area contributed by atoms with Gasteiger partial charge in [-0.15, -0.1) is 0 Å². The van der Waals surface area contributed by atoms with E-state index in [1.54, 1.807) is 0 Å². The number of benzene rings is 1. The first kappa shape index (κ1) is 16.2. The van der Waals surface area contributed by atoms with E-state index in [2.05, 4.69) is 49.5 Å². The minimum absolute atomic E-state index is 0.321. The maximum absolute atomic E-state index is 5.82. The minimum Gasteiger partial charge on any atom is -0.379 e. The monoisotopic (exact) mass is 263 g/mol. The third-order valence-corrected chi connectivity index (χ3v) is 3.33. The summed E-state index contributed by atoms with van der Waals surface area (Å²) >= 11 is 0. The molecule has 2 heteroatoms. The first-order valence-electron chi connectivity index (χ1n) is 7.74. The second-order valence-corrected chi connectivity index (χ2v) is 5.01. The molecule has 0 bridgehead atoms. The molecule has 19 heavy (non-hydrogen) atoms. The van der Waals surface area contributed by atoms with Crippen LogP contribution in [0.4, 0.5) is 0 Å². The summed E-state index contributed by atoms with van der Waals surface area (Å²) < 4.78 is 5.82. The van der Waals surface area contributed by atoms with Gasteiger partial charge in [0, 0.05) is 6.61 Å². The van der Waals surface area contributed by atoms with E-state index in [0.29, 0.717) is 6.04 Å². The molecule has 1 atom stereocenters. The van der Waals surface area contributed by atoms with E-state index >= 15 is 0 Å². The van der Waals surface area contributed by atoms with Crippen molar-refractivity contribution in [2.45, 2.75) is 52.0 Å². The Morgan fingerprint density at radius 3 is 2.42 bits per heavy atom. The maximum atomic E-state index is 5.82. The van der Waals surface area contributed by atoms with Crippen molar-refractivity contribution >= 4 is 0 Å². The molecule has 1 N–H and O–H groups in total. The lowest BCUT2D eigenvalue weighted by molar-refractivity contribution is 0.108. The second-order valence-electron chi connectivity index (χ2n) is 5.01. The molecule has 0 saturated carbocycles. The van der Waals surface area contributed by atoms with Gasteiger partial charge in [0.1, 0.15) is 0 Å². The standard InChI is InChI=1S/C17H29NO/c1-3-5-6-7-11-14-19-15-17(18-4-2)16-12-9-8-10-13-16/h8-10,12-13,17-18H,3-7,11,14-15H2,1-2H3. The number of hydrogen-bond donors (Lipinski definition) is 1. The highest BCUT2D eigenvalue weighted by atomic mass is 16.5. The van der Waals surface area contributed by atoms with Gasteiger partial charge in [0.15, 0.2) is 0 Å². The first-order valence-corrected chi connectivity index (χ1v) is 7.74.